The van der Waals surface area contributed by atoms with Crippen molar-refractivity contribution in [3.8, 4) is 5.82 Å². The van der Waals surface area contributed by atoms with Crippen LogP contribution < -0.4 is 5.32 Å². The number of aryl methyl sites for hydroxylation is 1. The molecule has 0 amide bonds. The second-order valence-corrected chi connectivity index (χ2v) is 12.9. The van der Waals surface area contributed by atoms with Crippen LogP contribution in [0, 0.1) is 5.82 Å². The molecule has 190 valence electrons. The number of hydrogen-bond donors (Lipinski definition) is 1. The zero-order valence-corrected chi connectivity index (χ0v) is 21.5. The highest BCUT2D eigenvalue weighted by Crippen LogP contribution is 2.40. The van der Waals surface area contributed by atoms with Crippen LogP contribution in [0.2, 0.25) is 0 Å². The third-order valence-electron chi connectivity index (χ3n) is 7.64. The molecule has 3 aliphatic rings. The Balaban J connectivity index is 1.25. The standard InChI is InChI=1S/C27H28FN7OS/c1-34-14-18-6-2-5-17-11-20(12-19(15-34)25(17)18)30-27-29-13-21-22(28)16-35(26(21)32-27)24-8-3-7-23(31-24)33-37(36)9-4-10-37/h3,7-8,11-13,16,18H,2,4-6,9-10,14-15H2,1H3,(H,29,30,32). The second-order valence-electron chi connectivity index (χ2n) is 10.4. The number of benzene rings is 1. The van der Waals surface area contributed by atoms with Gasteiger partial charge in [0.2, 0.25) is 5.95 Å². The largest absolute Gasteiger partial charge is 0.324 e. The summed E-state index contributed by atoms with van der Waals surface area (Å²) in [6, 6.07) is 9.70. The van der Waals surface area contributed by atoms with Crippen LogP contribution in [0.4, 0.5) is 21.8 Å². The molecule has 8 nitrogen and oxygen atoms in total. The predicted molar refractivity (Wildman–Crippen MR) is 143 cm³/mol. The number of hydrogen-bond acceptors (Lipinski definition) is 7. The van der Waals surface area contributed by atoms with Crippen LogP contribution >= 0.6 is 0 Å². The molecule has 37 heavy (non-hydrogen) atoms. The maximum atomic E-state index is 14.8. The Morgan fingerprint density at radius 1 is 1.16 bits per heavy atom. The first-order valence-electron chi connectivity index (χ1n) is 12.8. The van der Waals surface area contributed by atoms with E-state index in [0.29, 0.717) is 46.0 Å². The van der Waals surface area contributed by atoms with Crippen molar-refractivity contribution in [2.75, 3.05) is 30.4 Å². The average molecular weight is 518 g/mol. The number of fused-ring (bicyclic) bond motifs is 1. The van der Waals surface area contributed by atoms with E-state index in [-0.39, 0.29) is 0 Å². The molecule has 1 fully saturated rings. The predicted octanol–water partition coefficient (Wildman–Crippen LogP) is 5.07. The van der Waals surface area contributed by atoms with Crippen molar-refractivity contribution in [1.29, 1.82) is 0 Å². The molecule has 5 heterocycles. The van der Waals surface area contributed by atoms with E-state index < -0.39 is 15.5 Å². The molecule has 1 aromatic carbocycles. The fourth-order valence-corrected chi connectivity index (χ4v) is 7.30. The summed E-state index contributed by atoms with van der Waals surface area (Å²) in [6.07, 6.45) is 7.33. The number of pyridine rings is 1. The number of anilines is 2. The van der Waals surface area contributed by atoms with Gasteiger partial charge in [-0.3, -0.25) is 4.57 Å². The van der Waals surface area contributed by atoms with Crippen molar-refractivity contribution in [3.05, 3.63) is 65.2 Å². The van der Waals surface area contributed by atoms with Gasteiger partial charge in [-0.05, 0) is 79.6 Å². The quantitative estimate of drug-likeness (QED) is 0.407. The van der Waals surface area contributed by atoms with Gasteiger partial charge in [-0.25, -0.2) is 18.6 Å². The van der Waals surface area contributed by atoms with Crippen LogP contribution in [0.1, 0.15) is 41.9 Å². The molecular weight excluding hydrogens is 489 g/mol. The summed E-state index contributed by atoms with van der Waals surface area (Å²) in [7, 11) is -0.0160. The fourth-order valence-electron chi connectivity index (χ4n) is 5.89. The van der Waals surface area contributed by atoms with Gasteiger partial charge >= 0.3 is 0 Å². The van der Waals surface area contributed by atoms with Crippen LogP contribution in [-0.2, 0) is 22.7 Å². The SMILES string of the molecule is CN1Cc2cc(Nc3ncc4c(F)cn(-c5cccc(N=S6(=O)CCC6)n5)c4n3)cc3c2C(CCC3)C1. The van der Waals surface area contributed by atoms with Crippen molar-refractivity contribution < 1.29 is 8.60 Å². The number of rotatable bonds is 4. The van der Waals surface area contributed by atoms with Gasteiger partial charge in [0.1, 0.15) is 5.82 Å². The highest BCUT2D eigenvalue weighted by molar-refractivity contribution is 7.95. The van der Waals surface area contributed by atoms with Crippen molar-refractivity contribution in [3.63, 3.8) is 0 Å². The van der Waals surface area contributed by atoms with Gasteiger partial charge in [-0.15, -0.1) is 0 Å². The Morgan fingerprint density at radius 2 is 2.03 bits per heavy atom. The van der Waals surface area contributed by atoms with Gasteiger partial charge in [-0.1, -0.05) is 6.07 Å². The third-order valence-corrected chi connectivity index (χ3v) is 10.0. The maximum Gasteiger partial charge on any atom is 0.229 e. The minimum atomic E-state index is -2.19. The lowest BCUT2D eigenvalue weighted by Gasteiger charge is -2.37. The van der Waals surface area contributed by atoms with Gasteiger partial charge in [0.15, 0.2) is 17.3 Å². The summed E-state index contributed by atoms with van der Waals surface area (Å²) in [5.74, 6) is 2.64. The molecule has 0 spiro atoms. The number of likely N-dealkylation sites (N-methyl/N-ethyl adjacent to an activating group) is 1. The molecule has 1 unspecified atom stereocenters. The summed E-state index contributed by atoms with van der Waals surface area (Å²) < 4.78 is 33.4. The third kappa shape index (κ3) is 4.08. The highest BCUT2D eigenvalue weighted by Gasteiger charge is 2.29. The van der Waals surface area contributed by atoms with E-state index in [9.17, 15) is 8.60 Å². The van der Waals surface area contributed by atoms with Gasteiger partial charge in [0, 0.05) is 42.7 Å². The average Bonchev–Trinajstić information content (AvgIpc) is 3.19. The first-order valence-corrected chi connectivity index (χ1v) is 14.6. The molecule has 3 aromatic heterocycles. The van der Waals surface area contributed by atoms with E-state index in [4.69, 9.17) is 0 Å². The zero-order valence-electron chi connectivity index (χ0n) is 20.7. The van der Waals surface area contributed by atoms with Gasteiger partial charge in [0.05, 0.1) is 15.1 Å². The Labute approximate surface area is 215 Å². The molecule has 2 aliphatic heterocycles. The van der Waals surface area contributed by atoms with Crippen LogP contribution in [0.3, 0.4) is 0 Å². The first kappa shape index (κ1) is 22.8. The molecule has 7 rings (SSSR count). The number of aromatic nitrogens is 4. The van der Waals surface area contributed by atoms with E-state index >= 15 is 0 Å². The minimum Gasteiger partial charge on any atom is -0.324 e. The number of halogens is 1. The van der Waals surface area contributed by atoms with Crippen LogP contribution in [0.25, 0.3) is 16.9 Å². The van der Waals surface area contributed by atoms with Crippen molar-refractivity contribution in [1.82, 2.24) is 24.4 Å². The Bertz CT molecular complexity index is 1660. The Kier molecular flexibility index (Phi) is 5.30. The monoisotopic (exact) mass is 517 g/mol. The lowest BCUT2D eigenvalue weighted by Crippen LogP contribution is -2.33. The molecule has 1 N–H and O–H groups in total. The molecule has 0 bridgehead atoms. The highest BCUT2D eigenvalue weighted by atomic mass is 32.2. The Hall–Kier alpha value is -3.37. The normalized spacial score (nSPS) is 20.3. The maximum absolute atomic E-state index is 14.8. The fraction of sp³-hybridized carbons (Fsp3) is 0.370. The summed E-state index contributed by atoms with van der Waals surface area (Å²) >= 11 is 0. The topological polar surface area (TPSA) is 88.3 Å². The van der Waals surface area contributed by atoms with Crippen molar-refractivity contribution in [2.45, 2.75) is 38.1 Å². The van der Waals surface area contributed by atoms with Gasteiger partial charge in [-0.2, -0.15) is 9.35 Å². The van der Waals surface area contributed by atoms with E-state index in [0.717, 1.165) is 31.6 Å². The molecule has 10 heteroatoms. The van der Waals surface area contributed by atoms with E-state index in [1.165, 1.54) is 41.9 Å². The zero-order chi connectivity index (χ0) is 25.1. The lowest BCUT2D eigenvalue weighted by atomic mass is 9.77. The lowest BCUT2D eigenvalue weighted by molar-refractivity contribution is 0.266. The first-order chi connectivity index (χ1) is 17.9. The minimum absolute atomic E-state index is 0.310. The summed E-state index contributed by atoms with van der Waals surface area (Å²) in [5, 5.41) is 3.68. The molecule has 1 aliphatic carbocycles. The molecule has 4 aromatic rings. The molecular formula is C27H28FN7OS. The molecule has 1 atom stereocenters. The van der Waals surface area contributed by atoms with E-state index in [1.54, 1.807) is 22.8 Å². The molecule has 1 saturated heterocycles. The van der Waals surface area contributed by atoms with Crippen LogP contribution in [-0.4, -0.2) is 53.7 Å². The van der Waals surface area contributed by atoms with Gasteiger partial charge < -0.3 is 10.2 Å². The van der Waals surface area contributed by atoms with Gasteiger partial charge in [0.25, 0.3) is 0 Å². The Morgan fingerprint density at radius 3 is 2.86 bits per heavy atom. The van der Waals surface area contributed by atoms with Crippen molar-refractivity contribution in [2.24, 2.45) is 4.36 Å². The number of nitrogens with one attached hydrogen (secondary N) is 1. The van der Waals surface area contributed by atoms with E-state index in [2.05, 4.69) is 48.7 Å². The summed E-state index contributed by atoms with van der Waals surface area (Å²) in [5.41, 5.74) is 5.66. The van der Waals surface area contributed by atoms with Crippen molar-refractivity contribution >= 4 is 38.2 Å². The summed E-state index contributed by atoms with van der Waals surface area (Å²) in [6.45, 7) is 2.05. The number of nitrogens with zero attached hydrogens (tertiary/aromatic N) is 6. The van der Waals surface area contributed by atoms with E-state index in [1.807, 2.05) is 0 Å². The summed E-state index contributed by atoms with van der Waals surface area (Å²) in [4.78, 5) is 16.0. The van der Waals surface area contributed by atoms with Crippen LogP contribution in [0.15, 0.2) is 47.1 Å². The smallest absolute Gasteiger partial charge is 0.229 e. The second kappa shape index (κ2) is 8.59. The molecule has 0 saturated carbocycles. The van der Waals surface area contributed by atoms with Crippen LogP contribution in [0.5, 0.6) is 0 Å². The molecule has 0 radical (unpaired) electrons.